The van der Waals surface area contributed by atoms with Crippen LogP contribution in [0, 0.1) is 0 Å². The van der Waals surface area contributed by atoms with Crippen molar-refractivity contribution in [3.63, 3.8) is 0 Å². The smallest absolute Gasteiger partial charge is 0.383 e. The van der Waals surface area contributed by atoms with Crippen molar-refractivity contribution in [3.05, 3.63) is 22.2 Å². The molecular formula is C6H6F3N3O. The Morgan fingerprint density at radius 3 is 2.62 bits per heavy atom. The van der Waals surface area contributed by atoms with Crippen LogP contribution < -0.4 is 11.3 Å². The molecule has 0 fully saturated rings. The van der Waals surface area contributed by atoms with Gasteiger partial charge in [-0.2, -0.15) is 13.2 Å². The summed E-state index contributed by atoms with van der Waals surface area (Å²) in [6.07, 6.45) is -4.86. The maximum absolute atomic E-state index is 11.9. The monoisotopic (exact) mass is 193 g/mol. The summed E-state index contributed by atoms with van der Waals surface area (Å²) in [5.41, 5.74) is 3.69. The van der Waals surface area contributed by atoms with Crippen LogP contribution in [-0.2, 0) is 6.42 Å². The highest BCUT2D eigenvalue weighted by atomic mass is 19.4. The number of anilines is 1. The van der Waals surface area contributed by atoms with E-state index in [-0.39, 0.29) is 5.82 Å². The van der Waals surface area contributed by atoms with Gasteiger partial charge in [0.1, 0.15) is 5.82 Å². The third kappa shape index (κ3) is 2.46. The quantitative estimate of drug-likeness (QED) is 0.680. The van der Waals surface area contributed by atoms with Gasteiger partial charge in [-0.05, 0) is 0 Å². The van der Waals surface area contributed by atoms with Crippen LogP contribution in [0.5, 0.6) is 0 Å². The molecule has 0 aliphatic rings. The molecule has 0 bridgehead atoms. The topological polar surface area (TPSA) is 71.8 Å². The second-order valence-corrected chi connectivity index (χ2v) is 2.39. The molecule has 0 aliphatic carbocycles. The number of nitrogen functional groups attached to an aromatic ring is 1. The Labute approximate surface area is 70.6 Å². The number of nitrogens with one attached hydrogen (secondary N) is 1. The summed E-state index contributed by atoms with van der Waals surface area (Å²) in [6.45, 7) is 0. The van der Waals surface area contributed by atoms with Gasteiger partial charge in [0.15, 0.2) is 0 Å². The predicted octanol–water partition coefficient (Wildman–Crippen LogP) is 0.457. The highest BCUT2D eigenvalue weighted by Crippen LogP contribution is 2.20. The first-order valence-corrected chi connectivity index (χ1v) is 3.29. The largest absolute Gasteiger partial charge is 0.393 e. The van der Waals surface area contributed by atoms with Crippen molar-refractivity contribution in [1.82, 2.24) is 9.97 Å². The fraction of sp³-hybridized carbons (Fsp3) is 0.333. The molecule has 4 nitrogen and oxygen atoms in total. The van der Waals surface area contributed by atoms with Gasteiger partial charge in [-0.1, -0.05) is 0 Å². The van der Waals surface area contributed by atoms with Gasteiger partial charge in [0, 0.05) is 0 Å². The van der Waals surface area contributed by atoms with Crippen molar-refractivity contribution < 1.29 is 13.2 Å². The van der Waals surface area contributed by atoms with Crippen LogP contribution in [0.3, 0.4) is 0 Å². The summed E-state index contributed by atoms with van der Waals surface area (Å²) >= 11 is 0. The van der Waals surface area contributed by atoms with Crippen LogP contribution >= 0.6 is 0 Å². The number of aromatic nitrogens is 2. The molecule has 0 atom stereocenters. The molecule has 1 rings (SSSR count). The first-order chi connectivity index (χ1) is 5.90. The Bertz CT molecular complexity index is 357. The summed E-state index contributed by atoms with van der Waals surface area (Å²) < 4.78 is 35.6. The molecule has 1 aromatic heterocycles. The van der Waals surface area contributed by atoms with Crippen molar-refractivity contribution in [2.45, 2.75) is 12.6 Å². The van der Waals surface area contributed by atoms with E-state index >= 15 is 0 Å². The summed E-state index contributed by atoms with van der Waals surface area (Å²) in [7, 11) is 0. The zero-order valence-corrected chi connectivity index (χ0v) is 6.35. The summed E-state index contributed by atoms with van der Waals surface area (Å²) in [4.78, 5) is 16.2. The van der Waals surface area contributed by atoms with Gasteiger partial charge >= 0.3 is 6.18 Å². The first kappa shape index (κ1) is 9.56. The molecule has 72 valence electrons. The van der Waals surface area contributed by atoms with Gasteiger partial charge in [0.05, 0.1) is 18.3 Å². The number of H-pyrrole nitrogens is 1. The summed E-state index contributed by atoms with van der Waals surface area (Å²) in [5.74, 6) is -0.388. The Morgan fingerprint density at radius 1 is 1.54 bits per heavy atom. The van der Waals surface area contributed by atoms with E-state index in [9.17, 15) is 18.0 Å². The lowest BCUT2D eigenvalue weighted by atomic mass is 10.2. The number of nitrogens with zero attached hydrogens (tertiary/aromatic N) is 1. The Balaban J connectivity index is 3.08. The predicted molar refractivity (Wildman–Crippen MR) is 39.0 cm³/mol. The lowest BCUT2D eigenvalue weighted by molar-refractivity contribution is -0.127. The van der Waals surface area contributed by atoms with E-state index < -0.39 is 23.7 Å². The zero-order chi connectivity index (χ0) is 10.1. The minimum atomic E-state index is -4.45. The number of halogens is 3. The SMILES string of the molecule is Nc1nc[nH]c(=O)c1CC(F)(F)F. The lowest BCUT2D eigenvalue weighted by Gasteiger charge is -2.06. The molecule has 0 radical (unpaired) electrons. The van der Waals surface area contributed by atoms with Crippen LogP contribution in [0.1, 0.15) is 5.56 Å². The van der Waals surface area contributed by atoms with Crippen LogP contribution in [-0.4, -0.2) is 16.1 Å². The molecule has 0 amide bonds. The van der Waals surface area contributed by atoms with Crippen molar-refractivity contribution in [2.24, 2.45) is 0 Å². The normalized spacial score (nSPS) is 11.6. The Hall–Kier alpha value is -1.53. The van der Waals surface area contributed by atoms with E-state index in [0.29, 0.717) is 0 Å². The number of nitrogens with two attached hydrogens (primary N) is 1. The van der Waals surface area contributed by atoms with Crippen molar-refractivity contribution in [3.8, 4) is 0 Å². The van der Waals surface area contributed by atoms with Gasteiger partial charge in [-0.25, -0.2) is 4.98 Å². The Morgan fingerprint density at radius 2 is 2.15 bits per heavy atom. The molecule has 0 saturated carbocycles. The highest BCUT2D eigenvalue weighted by Gasteiger charge is 2.30. The maximum atomic E-state index is 11.9. The zero-order valence-electron chi connectivity index (χ0n) is 6.35. The molecule has 1 aromatic rings. The Kier molecular flexibility index (Phi) is 2.26. The van der Waals surface area contributed by atoms with E-state index in [1.807, 2.05) is 4.98 Å². The first-order valence-electron chi connectivity index (χ1n) is 3.29. The summed E-state index contributed by atoms with van der Waals surface area (Å²) in [5, 5.41) is 0. The number of hydrogen-bond donors (Lipinski definition) is 2. The van der Waals surface area contributed by atoms with Crippen molar-refractivity contribution in [2.75, 3.05) is 5.73 Å². The minimum Gasteiger partial charge on any atom is -0.383 e. The van der Waals surface area contributed by atoms with Crippen molar-refractivity contribution >= 4 is 5.82 Å². The van der Waals surface area contributed by atoms with Crippen LogP contribution in [0.25, 0.3) is 0 Å². The van der Waals surface area contributed by atoms with E-state index in [2.05, 4.69) is 4.98 Å². The molecule has 13 heavy (non-hydrogen) atoms. The molecule has 0 saturated heterocycles. The van der Waals surface area contributed by atoms with E-state index in [1.54, 1.807) is 0 Å². The van der Waals surface area contributed by atoms with Gasteiger partial charge in [0.2, 0.25) is 0 Å². The second-order valence-electron chi connectivity index (χ2n) is 2.39. The van der Waals surface area contributed by atoms with Gasteiger partial charge in [0.25, 0.3) is 5.56 Å². The number of hydrogen-bond acceptors (Lipinski definition) is 3. The molecule has 0 aromatic carbocycles. The minimum absolute atomic E-state index is 0.388. The van der Waals surface area contributed by atoms with E-state index in [1.165, 1.54) is 0 Å². The molecule has 1 heterocycles. The highest BCUT2D eigenvalue weighted by molar-refractivity contribution is 5.36. The molecule has 0 unspecified atom stereocenters. The van der Waals surface area contributed by atoms with Gasteiger partial charge in [-0.3, -0.25) is 4.79 Å². The van der Waals surface area contributed by atoms with Crippen LogP contribution in [0.2, 0.25) is 0 Å². The number of alkyl halides is 3. The van der Waals surface area contributed by atoms with E-state index in [4.69, 9.17) is 5.73 Å². The number of aromatic amines is 1. The average Bonchev–Trinajstić information content (AvgIpc) is 1.95. The average molecular weight is 193 g/mol. The fourth-order valence-corrected chi connectivity index (χ4v) is 0.813. The fourth-order valence-electron chi connectivity index (χ4n) is 0.813. The summed E-state index contributed by atoms with van der Waals surface area (Å²) in [6, 6.07) is 0. The van der Waals surface area contributed by atoms with Gasteiger partial charge in [-0.15, -0.1) is 0 Å². The molecule has 0 aliphatic heterocycles. The lowest BCUT2D eigenvalue weighted by Crippen LogP contribution is -2.23. The molecule has 7 heteroatoms. The van der Waals surface area contributed by atoms with Crippen LogP contribution in [0.15, 0.2) is 11.1 Å². The third-order valence-electron chi connectivity index (χ3n) is 1.36. The van der Waals surface area contributed by atoms with E-state index in [0.717, 1.165) is 6.33 Å². The van der Waals surface area contributed by atoms with Gasteiger partial charge < -0.3 is 10.7 Å². The number of rotatable bonds is 1. The third-order valence-corrected chi connectivity index (χ3v) is 1.36. The maximum Gasteiger partial charge on any atom is 0.393 e. The van der Waals surface area contributed by atoms with Crippen molar-refractivity contribution in [1.29, 1.82) is 0 Å². The second kappa shape index (κ2) is 3.08. The van der Waals surface area contributed by atoms with Crippen LogP contribution in [0.4, 0.5) is 19.0 Å². The molecular weight excluding hydrogens is 187 g/mol. The molecule has 0 spiro atoms. The standard InChI is InChI=1S/C6H6F3N3O/c7-6(8,9)1-3-4(10)11-2-12-5(3)13/h2H,1H2,(H3,10,11,12,13). The molecule has 3 N–H and O–H groups in total.